The fourth-order valence-electron chi connectivity index (χ4n) is 3.37. The van der Waals surface area contributed by atoms with E-state index in [0.717, 1.165) is 11.3 Å². The van der Waals surface area contributed by atoms with Gasteiger partial charge in [0, 0.05) is 42.0 Å². The molecule has 3 heterocycles. The number of carbonyl (C=O) groups is 1. The molecule has 0 aliphatic carbocycles. The predicted molar refractivity (Wildman–Crippen MR) is 118 cm³/mol. The van der Waals surface area contributed by atoms with Gasteiger partial charge in [-0.1, -0.05) is 11.6 Å². The fraction of sp³-hybridized carbons (Fsp3) is 0.211. The lowest BCUT2D eigenvalue weighted by molar-refractivity contribution is -0.129. The van der Waals surface area contributed by atoms with Crippen molar-refractivity contribution in [3.8, 4) is 5.75 Å². The van der Waals surface area contributed by atoms with Crippen LogP contribution >= 0.6 is 22.9 Å². The van der Waals surface area contributed by atoms with Gasteiger partial charge in [0.2, 0.25) is 5.91 Å². The van der Waals surface area contributed by atoms with Crippen LogP contribution in [0.3, 0.4) is 0 Å². The highest BCUT2D eigenvalue weighted by Gasteiger charge is 2.35. The number of amidine groups is 1. The summed E-state index contributed by atoms with van der Waals surface area (Å²) >= 11 is 7.11. The molecule has 0 radical (unpaired) electrons. The van der Waals surface area contributed by atoms with E-state index in [-0.39, 0.29) is 22.3 Å². The highest BCUT2D eigenvalue weighted by atomic mass is 35.5. The van der Waals surface area contributed by atoms with E-state index in [0.29, 0.717) is 39.2 Å². The number of hydrogen-bond acceptors (Lipinski definition) is 7. The number of thiophene rings is 1. The van der Waals surface area contributed by atoms with Crippen LogP contribution in [0.2, 0.25) is 5.02 Å². The van der Waals surface area contributed by atoms with Crippen molar-refractivity contribution < 1.29 is 18.3 Å². The quantitative estimate of drug-likeness (QED) is 0.314. The van der Waals surface area contributed by atoms with Gasteiger partial charge in [0.05, 0.1) is 9.72 Å². The number of benzene rings is 1. The number of nitrogens with two attached hydrogens (primary N) is 1. The van der Waals surface area contributed by atoms with E-state index >= 15 is 0 Å². The number of aromatic nitrogens is 1. The summed E-state index contributed by atoms with van der Waals surface area (Å²) in [5.74, 6) is -0.576. The molecule has 9 nitrogen and oxygen atoms in total. The molecule has 1 aromatic carbocycles. The Labute approximate surface area is 187 Å². The zero-order valence-electron chi connectivity index (χ0n) is 16.0. The largest absolute Gasteiger partial charge is 0.508 e. The number of rotatable bonds is 6. The van der Waals surface area contributed by atoms with Gasteiger partial charge in [0.15, 0.2) is 0 Å². The number of nitrogen functional groups attached to an aromatic ring is 1. The smallest absolute Gasteiger partial charge is 0.250 e. The Hall–Kier alpha value is -2.73. The first-order valence-electron chi connectivity index (χ1n) is 9.16. The maximum Gasteiger partial charge on any atom is 0.250 e. The summed E-state index contributed by atoms with van der Waals surface area (Å²) in [6, 6.07) is 5.01. The van der Waals surface area contributed by atoms with Gasteiger partial charge < -0.3 is 15.7 Å². The lowest BCUT2D eigenvalue weighted by Crippen LogP contribution is -2.41. The number of pyridine rings is 1. The molecule has 1 saturated heterocycles. The molecule has 2 aromatic heterocycles. The van der Waals surface area contributed by atoms with Crippen LogP contribution in [0.15, 0.2) is 40.9 Å². The monoisotopic (exact) mass is 479 g/mol. The summed E-state index contributed by atoms with van der Waals surface area (Å²) in [7, 11) is -3.94. The minimum atomic E-state index is -3.94. The summed E-state index contributed by atoms with van der Waals surface area (Å²) in [5.41, 5.74) is 6.34. The molecule has 1 aliphatic heterocycles. The number of phenolic OH excluding ortho intramolecular Hbond substituents is 1. The number of hydrogen-bond donors (Lipinski definition) is 4. The topological polar surface area (TPSA) is 149 Å². The van der Waals surface area contributed by atoms with Gasteiger partial charge in [-0.25, -0.2) is 8.42 Å². The third-order valence-electron chi connectivity index (χ3n) is 4.99. The molecule has 12 heteroatoms. The van der Waals surface area contributed by atoms with Crippen LogP contribution in [-0.2, 0) is 21.4 Å². The van der Waals surface area contributed by atoms with Gasteiger partial charge in [0.1, 0.15) is 21.8 Å². The Morgan fingerprint density at radius 1 is 1.39 bits per heavy atom. The third-order valence-corrected chi connectivity index (χ3v) is 8.30. The number of halogens is 1. The minimum absolute atomic E-state index is 0.0300. The molecular formula is C19H18ClN5O4S2. The summed E-state index contributed by atoms with van der Waals surface area (Å²) in [6.07, 6.45) is 3.27. The Kier molecular flexibility index (Phi) is 5.60. The van der Waals surface area contributed by atoms with Gasteiger partial charge >= 0.3 is 0 Å². The average Bonchev–Trinajstić information content (AvgIpc) is 3.30. The van der Waals surface area contributed by atoms with Gasteiger partial charge in [-0.05, 0) is 30.7 Å². The summed E-state index contributed by atoms with van der Waals surface area (Å²) in [5, 5.41) is 18.5. The van der Waals surface area contributed by atoms with Crippen LogP contribution in [-0.4, -0.2) is 47.7 Å². The molecule has 31 heavy (non-hydrogen) atoms. The average molecular weight is 480 g/mol. The van der Waals surface area contributed by atoms with E-state index < -0.39 is 22.0 Å². The Balaban J connectivity index is 1.51. The second kappa shape index (κ2) is 8.08. The van der Waals surface area contributed by atoms with Crippen molar-refractivity contribution in [1.82, 2.24) is 14.6 Å². The molecule has 0 spiro atoms. The van der Waals surface area contributed by atoms with Crippen LogP contribution in [0.25, 0.3) is 10.1 Å². The molecule has 1 fully saturated rings. The molecule has 3 aromatic rings. The molecule has 162 valence electrons. The molecule has 0 bridgehead atoms. The summed E-state index contributed by atoms with van der Waals surface area (Å²) < 4.78 is 28.8. The van der Waals surface area contributed by atoms with Gasteiger partial charge in [-0.3, -0.25) is 15.2 Å². The van der Waals surface area contributed by atoms with Crippen molar-refractivity contribution >= 4 is 54.8 Å². The maximum atomic E-state index is 12.8. The van der Waals surface area contributed by atoms with Crippen molar-refractivity contribution in [2.45, 2.75) is 23.2 Å². The second-order valence-corrected chi connectivity index (χ2v) is 10.5. The number of aromatic hydroxyl groups is 1. The number of amides is 1. The zero-order chi connectivity index (χ0) is 22.3. The molecule has 4 rings (SSSR count). The second-order valence-electron chi connectivity index (χ2n) is 7.08. The van der Waals surface area contributed by atoms with Crippen molar-refractivity contribution in [2.75, 3.05) is 6.54 Å². The van der Waals surface area contributed by atoms with Gasteiger partial charge in [-0.15, -0.1) is 11.3 Å². The van der Waals surface area contributed by atoms with E-state index in [9.17, 15) is 18.3 Å². The number of phenols is 1. The molecule has 0 saturated carbocycles. The number of nitrogens with zero attached hydrogens (tertiary/aromatic N) is 2. The summed E-state index contributed by atoms with van der Waals surface area (Å²) in [6.45, 7) is 0.395. The van der Waals surface area contributed by atoms with Crippen LogP contribution in [0.1, 0.15) is 17.5 Å². The van der Waals surface area contributed by atoms with Gasteiger partial charge in [-0.2, -0.15) is 4.72 Å². The molecule has 1 unspecified atom stereocenters. The standard InChI is InChI=1S/C19H18ClN5O4S2/c20-13-7-23-8-16-12(13)6-17(30-16)31(28,29)24-14-3-4-25(19(14)27)9-11-5-10(18(21)22)1-2-15(11)26/h1-2,5-8,14,24,26H,3-4,9H2,(H3,21,22). The van der Waals surface area contributed by atoms with Crippen LogP contribution < -0.4 is 10.5 Å². The van der Waals surface area contributed by atoms with E-state index in [4.69, 9.17) is 22.7 Å². The lowest BCUT2D eigenvalue weighted by atomic mass is 10.1. The number of carbonyl (C=O) groups excluding carboxylic acids is 1. The number of likely N-dealkylation sites (tertiary alicyclic amines) is 1. The van der Waals surface area contributed by atoms with Gasteiger partial charge in [0.25, 0.3) is 10.0 Å². The Morgan fingerprint density at radius 3 is 2.87 bits per heavy atom. The molecule has 1 atom stereocenters. The van der Waals surface area contributed by atoms with Crippen LogP contribution in [0, 0.1) is 5.41 Å². The first-order valence-corrected chi connectivity index (χ1v) is 11.8. The summed E-state index contributed by atoms with van der Waals surface area (Å²) in [4.78, 5) is 18.2. The van der Waals surface area contributed by atoms with Crippen LogP contribution in [0.5, 0.6) is 5.75 Å². The van der Waals surface area contributed by atoms with Crippen molar-refractivity contribution in [2.24, 2.45) is 5.73 Å². The fourth-order valence-corrected chi connectivity index (χ4v) is 6.26. The third kappa shape index (κ3) is 4.22. The number of nitrogens with one attached hydrogen (secondary N) is 2. The van der Waals surface area contributed by atoms with E-state index in [1.807, 2.05) is 0 Å². The highest BCUT2D eigenvalue weighted by Crippen LogP contribution is 2.33. The lowest BCUT2D eigenvalue weighted by Gasteiger charge is -2.18. The van der Waals surface area contributed by atoms with E-state index in [2.05, 4.69) is 9.71 Å². The SMILES string of the molecule is N=C(N)c1ccc(O)c(CN2CCC(NS(=O)(=O)c3cc4c(Cl)cncc4s3)C2=O)c1. The minimum Gasteiger partial charge on any atom is -0.508 e. The first-order chi connectivity index (χ1) is 14.7. The Morgan fingerprint density at radius 2 is 2.16 bits per heavy atom. The zero-order valence-corrected chi connectivity index (χ0v) is 18.4. The van der Waals surface area contributed by atoms with Crippen molar-refractivity contribution in [3.63, 3.8) is 0 Å². The molecule has 1 amide bonds. The predicted octanol–water partition coefficient (Wildman–Crippen LogP) is 2.02. The van der Waals surface area contributed by atoms with Crippen LogP contribution in [0.4, 0.5) is 0 Å². The van der Waals surface area contributed by atoms with Crippen molar-refractivity contribution in [3.05, 3.63) is 52.8 Å². The normalized spacial score (nSPS) is 16.9. The van der Waals surface area contributed by atoms with Crippen molar-refractivity contribution in [1.29, 1.82) is 5.41 Å². The molecule has 5 N–H and O–H groups in total. The number of sulfonamides is 1. The molecule has 1 aliphatic rings. The maximum absolute atomic E-state index is 12.8. The van der Waals surface area contributed by atoms with E-state index in [1.54, 1.807) is 0 Å². The van der Waals surface area contributed by atoms with E-state index in [1.165, 1.54) is 41.6 Å². The highest BCUT2D eigenvalue weighted by molar-refractivity contribution is 7.91. The first kappa shape index (κ1) is 21.5. The molecular weight excluding hydrogens is 462 g/mol. The Bertz CT molecular complexity index is 1310. The number of fused-ring (bicyclic) bond motifs is 1.